The zero-order chi connectivity index (χ0) is 14.5. The van der Waals surface area contributed by atoms with Crippen LogP contribution in [0.1, 0.15) is 27.2 Å². The molecule has 0 fully saturated rings. The molecule has 0 saturated heterocycles. The van der Waals surface area contributed by atoms with E-state index in [2.05, 4.69) is 33.9 Å². The minimum atomic E-state index is -0.692. The van der Waals surface area contributed by atoms with Gasteiger partial charge in [0, 0.05) is 18.2 Å². The Morgan fingerprint density at radius 3 is 2.47 bits per heavy atom. The van der Waals surface area contributed by atoms with Crippen LogP contribution in [-0.4, -0.2) is 21.8 Å². The normalized spacial score (nSPS) is 13.6. The third kappa shape index (κ3) is 6.12. The van der Waals surface area contributed by atoms with Crippen LogP contribution in [0, 0.1) is 5.41 Å². The number of hydrogen-bond acceptors (Lipinski definition) is 3. The lowest BCUT2D eigenvalue weighted by Crippen LogP contribution is -2.34. The summed E-state index contributed by atoms with van der Waals surface area (Å²) >= 11 is 0. The molecule has 1 aromatic rings. The summed E-state index contributed by atoms with van der Waals surface area (Å²) in [5, 5.41) is 0. The number of nitrogens with two attached hydrogens (primary N) is 1. The molecule has 4 heteroatoms. The molecule has 0 aromatic heterocycles. The first-order valence-corrected chi connectivity index (χ1v) is 9.15. The summed E-state index contributed by atoms with van der Waals surface area (Å²) in [7, 11) is -0.692. The molecule has 3 nitrogen and oxygen atoms in total. The molecule has 1 radical (unpaired) electrons. The third-order valence-corrected chi connectivity index (χ3v) is 3.61. The highest BCUT2D eigenvalue weighted by molar-refractivity contribution is 6.48. The van der Waals surface area contributed by atoms with Crippen LogP contribution in [0.5, 0.6) is 5.75 Å². The Kier molecular flexibility index (Phi) is 5.88. The zero-order valence-electron chi connectivity index (χ0n) is 12.7. The molecule has 1 rings (SSSR count). The Balaban J connectivity index is 2.48. The average molecular weight is 280 g/mol. The van der Waals surface area contributed by atoms with Gasteiger partial charge in [0.05, 0.1) is 12.7 Å². The second-order valence-electron chi connectivity index (χ2n) is 6.09. The fourth-order valence-corrected chi connectivity index (χ4v) is 2.88. The maximum absolute atomic E-state index is 6.07. The first kappa shape index (κ1) is 16.1. The number of anilines is 1. The van der Waals surface area contributed by atoms with Crippen molar-refractivity contribution in [3.63, 3.8) is 0 Å². The maximum Gasteiger partial charge on any atom is 0.205 e. The number of benzene rings is 1. The average Bonchev–Trinajstić information content (AvgIpc) is 2.26. The molecule has 1 unspecified atom stereocenters. The predicted molar refractivity (Wildman–Crippen MR) is 82.8 cm³/mol. The van der Waals surface area contributed by atoms with E-state index in [1.54, 1.807) is 0 Å². The zero-order valence-corrected chi connectivity index (χ0v) is 13.7. The van der Waals surface area contributed by atoms with E-state index in [0.29, 0.717) is 6.61 Å². The highest BCUT2D eigenvalue weighted by Crippen LogP contribution is 2.26. The SMILES string of the molecule is C[Si](C)OC(CCOc1cccc(N)c1)C(C)(C)C. The molecule has 0 heterocycles. The van der Waals surface area contributed by atoms with E-state index in [1.165, 1.54) is 0 Å². The molecule has 0 amide bonds. The molecule has 0 aliphatic carbocycles. The van der Waals surface area contributed by atoms with Gasteiger partial charge < -0.3 is 14.9 Å². The lowest BCUT2D eigenvalue weighted by molar-refractivity contribution is 0.0646. The Hall–Kier alpha value is -1.00. The van der Waals surface area contributed by atoms with Gasteiger partial charge in [-0.1, -0.05) is 26.8 Å². The number of nitrogen functional groups attached to an aromatic ring is 1. The van der Waals surface area contributed by atoms with Gasteiger partial charge in [-0.05, 0) is 30.6 Å². The Morgan fingerprint density at radius 2 is 1.95 bits per heavy atom. The summed E-state index contributed by atoms with van der Waals surface area (Å²) < 4.78 is 11.8. The maximum atomic E-state index is 6.07. The van der Waals surface area contributed by atoms with Gasteiger partial charge in [0.1, 0.15) is 5.75 Å². The van der Waals surface area contributed by atoms with Crippen LogP contribution in [0.15, 0.2) is 24.3 Å². The van der Waals surface area contributed by atoms with Crippen molar-refractivity contribution in [2.75, 3.05) is 12.3 Å². The Morgan fingerprint density at radius 1 is 1.26 bits per heavy atom. The fourth-order valence-electron chi connectivity index (χ4n) is 1.84. The molecule has 0 bridgehead atoms. The molecular weight excluding hydrogens is 254 g/mol. The lowest BCUT2D eigenvalue weighted by Gasteiger charge is -2.32. The van der Waals surface area contributed by atoms with Crippen molar-refractivity contribution in [1.82, 2.24) is 0 Å². The largest absolute Gasteiger partial charge is 0.493 e. The van der Waals surface area contributed by atoms with Crippen molar-refractivity contribution in [2.24, 2.45) is 5.41 Å². The molecular formula is C15H26NO2Si. The van der Waals surface area contributed by atoms with Crippen LogP contribution in [0.25, 0.3) is 0 Å². The van der Waals surface area contributed by atoms with Gasteiger partial charge in [-0.15, -0.1) is 0 Å². The molecule has 19 heavy (non-hydrogen) atoms. The first-order chi connectivity index (χ1) is 8.79. The van der Waals surface area contributed by atoms with Gasteiger partial charge >= 0.3 is 0 Å². The Bertz CT molecular complexity index is 388. The lowest BCUT2D eigenvalue weighted by atomic mass is 9.87. The van der Waals surface area contributed by atoms with Gasteiger partial charge in [0.25, 0.3) is 0 Å². The quantitative estimate of drug-likeness (QED) is 0.638. The number of ether oxygens (including phenoxy) is 1. The topological polar surface area (TPSA) is 44.5 Å². The van der Waals surface area contributed by atoms with Crippen LogP contribution < -0.4 is 10.5 Å². The van der Waals surface area contributed by atoms with E-state index in [4.69, 9.17) is 14.9 Å². The summed E-state index contributed by atoms with van der Waals surface area (Å²) in [5.74, 6) is 0.825. The van der Waals surface area contributed by atoms with Crippen molar-refractivity contribution in [3.05, 3.63) is 24.3 Å². The van der Waals surface area contributed by atoms with Crippen molar-refractivity contribution >= 4 is 14.7 Å². The standard InChI is InChI=1S/C15H26NO2Si/c1-15(2,3)14(18-19(4)5)9-10-17-13-8-6-7-12(16)11-13/h6-8,11,14H,9-10,16H2,1-5H3. The summed E-state index contributed by atoms with van der Waals surface area (Å²) in [5.41, 5.74) is 6.59. The van der Waals surface area contributed by atoms with Gasteiger partial charge in [-0.25, -0.2) is 0 Å². The summed E-state index contributed by atoms with van der Waals surface area (Å²) in [6, 6.07) is 7.54. The Labute approximate surface area is 118 Å². The van der Waals surface area contributed by atoms with E-state index in [1.807, 2.05) is 24.3 Å². The second kappa shape index (κ2) is 6.96. The molecule has 2 N–H and O–H groups in total. The smallest absolute Gasteiger partial charge is 0.205 e. The molecule has 0 aliphatic heterocycles. The van der Waals surface area contributed by atoms with Crippen LogP contribution >= 0.6 is 0 Å². The highest BCUT2D eigenvalue weighted by atomic mass is 28.3. The van der Waals surface area contributed by atoms with Crippen LogP contribution in [0.4, 0.5) is 5.69 Å². The summed E-state index contributed by atoms with van der Waals surface area (Å²) in [6.45, 7) is 11.6. The van der Waals surface area contributed by atoms with E-state index < -0.39 is 9.04 Å². The molecule has 1 atom stereocenters. The van der Waals surface area contributed by atoms with Crippen LogP contribution in [-0.2, 0) is 4.43 Å². The molecule has 0 saturated carbocycles. The van der Waals surface area contributed by atoms with Crippen molar-refractivity contribution in [1.29, 1.82) is 0 Å². The van der Waals surface area contributed by atoms with E-state index >= 15 is 0 Å². The first-order valence-electron chi connectivity index (χ1n) is 6.74. The number of hydrogen-bond donors (Lipinski definition) is 1. The van der Waals surface area contributed by atoms with Crippen molar-refractivity contribution < 1.29 is 9.16 Å². The monoisotopic (exact) mass is 280 g/mol. The van der Waals surface area contributed by atoms with Gasteiger partial charge in [-0.2, -0.15) is 0 Å². The van der Waals surface area contributed by atoms with Gasteiger partial charge in [0.15, 0.2) is 0 Å². The molecule has 0 aliphatic rings. The summed E-state index contributed by atoms with van der Waals surface area (Å²) in [6.07, 6.45) is 1.13. The van der Waals surface area contributed by atoms with E-state index in [-0.39, 0.29) is 11.5 Å². The minimum Gasteiger partial charge on any atom is -0.493 e. The number of rotatable bonds is 6. The van der Waals surface area contributed by atoms with Crippen molar-refractivity contribution in [3.8, 4) is 5.75 Å². The third-order valence-electron chi connectivity index (χ3n) is 2.85. The van der Waals surface area contributed by atoms with Crippen LogP contribution in [0.2, 0.25) is 13.1 Å². The van der Waals surface area contributed by atoms with Crippen molar-refractivity contribution in [2.45, 2.75) is 46.4 Å². The van der Waals surface area contributed by atoms with E-state index in [0.717, 1.165) is 17.9 Å². The molecule has 1 aromatic carbocycles. The van der Waals surface area contributed by atoms with Crippen LogP contribution in [0.3, 0.4) is 0 Å². The van der Waals surface area contributed by atoms with Gasteiger partial charge in [0.2, 0.25) is 9.04 Å². The van der Waals surface area contributed by atoms with Gasteiger partial charge in [-0.3, -0.25) is 0 Å². The minimum absolute atomic E-state index is 0.140. The fraction of sp³-hybridized carbons (Fsp3) is 0.600. The molecule has 0 spiro atoms. The second-order valence-corrected chi connectivity index (χ2v) is 8.14. The highest BCUT2D eigenvalue weighted by Gasteiger charge is 2.26. The molecule has 107 valence electrons. The van der Waals surface area contributed by atoms with E-state index in [9.17, 15) is 0 Å². The predicted octanol–water partition coefficient (Wildman–Crippen LogP) is 3.72. The summed E-state index contributed by atoms with van der Waals surface area (Å²) in [4.78, 5) is 0.